The molecule has 1 rings (SSSR count). The minimum atomic E-state index is -0.879. The van der Waals surface area contributed by atoms with Crippen LogP contribution < -0.4 is 0 Å². The molecule has 1 atom stereocenters. The Labute approximate surface area is 75.1 Å². The standard InChI is InChI=1S/C9H11FO3/c1-5(4-11)6-2-7(10)9(13)8(12)3-6/h2-3,5,11-13H,4H2,1H3. The van der Waals surface area contributed by atoms with Crippen LogP contribution in [0, 0.1) is 5.82 Å². The van der Waals surface area contributed by atoms with E-state index in [0.717, 1.165) is 6.07 Å². The predicted molar refractivity (Wildman–Crippen MR) is 45.2 cm³/mol. The van der Waals surface area contributed by atoms with Gasteiger partial charge in [-0.2, -0.15) is 0 Å². The second-order valence-electron chi connectivity index (χ2n) is 2.95. The third-order valence-electron chi connectivity index (χ3n) is 1.91. The van der Waals surface area contributed by atoms with Crippen LogP contribution in [0.4, 0.5) is 4.39 Å². The third-order valence-corrected chi connectivity index (χ3v) is 1.91. The summed E-state index contributed by atoms with van der Waals surface area (Å²) in [5.74, 6) is -2.40. The van der Waals surface area contributed by atoms with Crippen molar-refractivity contribution in [1.82, 2.24) is 0 Å². The van der Waals surface area contributed by atoms with E-state index >= 15 is 0 Å². The number of rotatable bonds is 2. The maximum atomic E-state index is 12.8. The van der Waals surface area contributed by atoms with Gasteiger partial charge in [-0.1, -0.05) is 6.92 Å². The molecule has 3 N–H and O–H groups in total. The van der Waals surface area contributed by atoms with Gasteiger partial charge in [0, 0.05) is 12.5 Å². The summed E-state index contributed by atoms with van der Waals surface area (Å²) in [6, 6.07) is 2.33. The van der Waals surface area contributed by atoms with E-state index in [1.807, 2.05) is 0 Å². The molecule has 0 aromatic heterocycles. The lowest BCUT2D eigenvalue weighted by Crippen LogP contribution is -1.99. The van der Waals surface area contributed by atoms with Gasteiger partial charge >= 0.3 is 0 Å². The first-order chi connectivity index (χ1) is 6.06. The summed E-state index contributed by atoms with van der Waals surface area (Å²) >= 11 is 0. The molecule has 0 heterocycles. The van der Waals surface area contributed by atoms with Gasteiger partial charge in [0.25, 0.3) is 0 Å². The van der Waals surface area contributed by atoms with Gasteiger partial charge in [-0.25, -0.2) is 4.39 Å². The number of benzene rings is 1. The number of aliphatic hydroxyl groups excluding tert-OH is 1. The summed E-state index contributed by atoms with van der Waals surface area (Å²) in [4.78, 5) is 0. The Morgan fingerprint density at radius 3 is 2.46 bits per heavy atom. The smallest absolute Gasteiger partial charge is 0.194 e. The summed E-state index contributed by atoms with van der Waals surface area (Å²) in [5, 5.41) is 26.7. The van der Waals surface area contributed by atoms with Crippen LogP contribution in [0.15, 0.2) is 12.1 Å². The largest absolute Gasteiger partial charge is 0.504 e. The number of halogens is 1. The quantitative estimate of drug-likeness (QED) is 0.610. The number of phenolic OH excluding ortho intramolecular Hbond substituents is 2. The fourth-order valence-electron chi connectivity index (χ4n) is 0.995. The van der Waals surface area contributed by atoms with E-state index in [4.69, 9.17) is 15.3 Å². The van der Waals surface area contributed by atoms with Gasteiger partial charge in [0.15, 0.2) is 17.3 Å². The Bertz CT molecular complexity index is 289. The normalized spacial score (nSPS) is 12.8. The first kappa shape index (κ1) is 9.80. The van der Waals surface area contributed by atoms with E-state index < -0.39 is 17.3 Å². The lowest BCUT2D eigenvalue weighted by Gasteiger charge is -2.09. The van der Waals surface area contributed by atoms with Crippen molar-refractivity contribution < 1.29 is 19.7 Å². The third kappa shape index (κ3) is 1.89. The Kier molecular flexibility index (Phi) is 2.72. The molecule has 0 saturated heterocycles. The highest BCUT2D eigenvalue weighted by Crippen LogP contribution is 2.31. The zero-order valence-corrected chi connectivity index (χ0v) is 7.16. The van der Waals surface area contributed by atoms with E-state index in [-0.39, 0.29) is 12.5 Å². The summed E-state index contributed by atoms with van der Waals surface area (Å²) in [7, 11) is 0. The first-order valence-electron chi connectivity index (χ1n) is 3.88. The van der Waals surface area contributed by atoms with E-state index in [0.29, 0.717) is 5.56 Å². The van der Waals surface area contributed by atoms with Crippen molar-refractivity contribution in [3.05, 3.63) is 23.5 Å². The first-order valence-corrected chi connectivity index (χ1v) is 3.88. The molecule has 0 aliphatic carbocycles. The van der Waals surface area contributed by atoms with Crippen molar-refractivity contribution in [3.63, 3.8) is 0 Å². The van der Waals surface area contributed by atoms with Gasteiger partial charge in [-0.3, -0.25) is 0 Å². The van der Waals surface area contributed by atoms with Crippen LogP contribution in [0.25, 0.3) is 0 Å². The number of hydrogen-bond acceptors (Lipinski definition) is 3. The van der Waals surface area contributed by atoms with Gasteiger partial charge in [0.1, 0.15) is 0 Å². The van der Waals surface area contributed by atoms with Crippen molar-refractivity contribution in [3.8, 4) is 11.5 Å². The maximum absolute atomic E-state index is 12.8. The van der Waals surface area contributed by atoms with Gasteiger partial charge in [-0.15, -0.1) is 0 Å². The molecule has 1 aromatic carbocycles. The van der Waals surface area contributed by atoms with E-state index in [1.54, 1.807) is 6.92 Å². The number of hydrogen-bond donors (Lipinski definition) is 3. The lowest BCUT2D eigenvalue weighted by molar-refractivity contribution is 0.272. The molecule has 0 fully saturated rings. The summed E-state index contributed by atoms with van der Waals surface area (Å²) in [6.45, 7) is 1.55. The SMILES string of the molecule is CC(CO)c1cc(O)c(O)c(F)c1. The highest BCUT2D eigenvalue weighted by Gasteiger charge is 2.12. The molecule has 0 aliphatic rings. The molecule has 4 heteroatoms. The van der Waals surface area contributed by atoms with Crippen LogP contribution in [-0.4, -0.2) is 21.9 Å². The monoisotopic (exact) mass is 186 g/mol. The molecule has 0 spiro atoms. The average molecular weight is 186 g/mol. The molecule has 0 radical (unpaired) electrons. The molecule has 3 nitrogen and oxygen atoms in total. The topological polar surface area (TPSA) is 60.7 Å². The molecule has 1 aromatic rings. The van der Waals surface area contributed by atoms with Crippen molar-refractivity contribution in [2.24, 2.45) is 0 Å². The minimum Gasteiger partial charge on any atom is -0.504 e. The average Bonchev–Trinajstić information content (AvgIpc) is 2.12. The van der Waals surface area contributed by atoms with Crippen LogP contribution in [-0.2, 0) is 0 Å². The van der Waals surface area contributed by atoms with Crippen molar-refractivity contribution in [2.45, 2.75) is 12.8 Å². The van der Waals surface area contributed by atoms with Crippen molar-refractivity contribution >= 4 is 0 Å². The Hall–Kier alpha value is -1.29. The molecular formula is C9H11FO3. The fourth-order valence-corrected chi connectivity index (χ4v) is 0.995. The lowest BCUT2D eigenvalue weighted by atomic mass is 10.0. The number of phenols is 2. The second kappa shape index (κ2) is 3.62. The molecule has 0 amide bonds. The Balaban J connectivity index is 3.13. The molecule has 1 unspecified atom stereocenters. The van der Waals surface area contributed by atoms with Gasteiger partial charge in [0.2, 0.25) is 0 Å². The van der Waals surface area contributed by atoms with Crippen LogP contribution >= 0.6 is 0 Å². The van der Waals surface area contributed by atoms with Crippen LogP contribution in [0.3, 0.4) is 0 Å². The molecule has 0 bridgehead atoms. The molecule has 0 saturated carbocycles. The van der Waals surface area contributed by atoms with Gasteiger partial charge < -0.3 is 15.3 Å². The summed E-state index contributed by atoms with van der Waals surface area (Å²) in [6.07, 6.45) is 0. The highest BCUT2D eigenvalue weighted by molar-refractivity contribution is 5.42. The minimum absolute atomic E-state index is 0.135. The maximum Gasteiger partial charge on any atom is 0.194 e. The highest BCUT2D eigenvalue weighted by atomic mass is 19.1. The van der Waals surface area contributed by atoms with Gasteiger partial charge in [0.05, 0.1) is 0 Å². The van der Waals surface area contributed by atoms with Crippen LogP contribution in [0.2, 0.25) is 0 Å². The molecule has 13 heavy (non-hydrogen) atoms. The van der Waals surface area contributed by atoms with Gasteiger partial charge in [-0.05, 0) is 17.7 Å². The molecule has 0 aliphatic heterocycles. The van der Waals surface area contributed by atoms with E-state index in [9.17, 15) is 4.39 Å². The fraction of sp³-hybridized carbons (Fsp3) is 0.333. The Morgan fingerprint density at radius 2 is 2.00 bits per heavy atom. The summed E-state index contributed by atoms with van der Waals surface area (Å²) in [5.41, 5.74) is 0.454. The van der Waals surface area contributed by atoms with Crippen molar-refractivity contribution in [1.29, 1.82) is 0 Å². The number of aliphatic hydroxyl groups is 1. The molecule has 72 valence electrons. The van der Waals surface area contributed by atoms with E-state index in [2.05, 4.69) is 0 Å². The molecular weight excluding hydrogens is 175 g/mol. The van der Waals surface area contributed by atoms with Crippen LogP contribution in [0.1, 0.15) is 18.4 Å². The zero-order chi connectivity index (χ0) is 10.0. The zero-order valence-electron chi connectivity index (χ0n) is 7.16. The van der Waals surface area contributed by atoms with Crippen molar-refractivity contribution in [2.75, 3.05) is 6.61 Å². The Morgan fingerprint density at radius 1 is 1.38 bits per heavy atom. The van der Waals surface area contributed by atoms with Crippen LogP contribution in [0.5, 0.6) is 11.5 Å². The number of aromatic hydroxyl groups is 2. The second-order valence-corrected chi connectivity index (χ2v) is 2.95. The summed E-state index contributed by atoms with van der Waals surface area (Å²) < 4.78 is 12.8. The predicted octanol–water partition coefficient (Wildman–Crippen LogP) is 1.33. The van der Waals surface area contributed by atoms with E-state index in [1.165, 1.54) is 6.07 Å².